The number of thiophene rings is 1. The number of benzene rings is 1. The lowest BCUT2D eigenvalue weighted by atomic mass is 9.66. The fraction of sp³-hybridized carbons (Fsp3) is 0.417. The summed E-state index contributed by atoms with van der Waals surface area (Å²) < 4.78 is 34.1. The largest absolute Gasteiger partial charge is 0.487 e. The lowest BCUT2D eigenvalue weighted by Crippen LogP contribution is -2.49. The van der Waals surface area contributed by atoms with Crippen LogP contribution in [0, 0.1) is 5.41 Å². The highest BCUT2D eigenvalue weighted by Gasteiger charge is 2.45. The summed E-state index contributed by atoms with van der Waals surface area (Å²) >= 11 is 0.995. The summed E-state index contributed by atoms with van der Waals surface area (Å²) in [5.74, 6) is -0.0274. The Balaban J connectivity index is 1.69. The molecule has 0 radical (unpaired) electrons. The molecule has 0 N–H and O–H groups in total. The number of hydrogen-bond acceptors (Lipinski definition) is 6. The van der Waals surface area contributed by atoms with Gasteiger partial charge in [0.15, 0.2) is 16.6 Å². The van der Waals surface area contributed by atoms with Crippen molar-refractivity contribution in [2.75, 3.05) is 20.2 Å². The first-order valence-electron chi connectivity index (χ1n) is 10.8. The van der Waals surface area contributed by atoms with Crippen molar-refractivity contribution in [1.82, 2.24) is 4.31 Å². The highest BCUT2D eigenvalue weighted by molar-refractivity contribution is 7.91. The summed E-state index contributed by atoms with van der Waals surface area (Å²) in [6.07, 6.45) is 4.28. The highest BCUT2D eigenvalue weighted by atomic mass is 32.2. The molecule has 2 aromatic rings. The molecule has 6 nitrogen and oxygen atoms in total. The first kappa shape index (κ1) is 22.9. The Bertz CT molecular complexity index is 1170. The van der Waals surface area contributed by atoms with E-state index in [0.717, 1.165) is 22.5 Å². The van der Waals surface area contributed by atoms with Crippen molar-refractivity contribution >= 4 is 32.9 Å². The minimum absolute atomic E-state index is 0.116. The lowest BCUT2D eigenvalue weighted by molar-refractivity contribution is -0.116. The third-order valence-electron chi connectivity index (χ3n) is 6.44. The van der Waals surface area contributed by atoms with E-state index in [0.29, 0.717) is 49.4 Å². The second-order valence-corrected chi connectivity index (χ2v) is 11.6. The minimum atomic E-state index is -3.80. The quantitative estimate of drug-likeness (QED) is 0.561. The van der Waals surface area contributed by atoms with Crippen LogP contribution >= 0.6 is 11.3 Å². The van der Waals surface area contributed by atoms with Gasteiger partial charge in [0.2, 0.25) is 0 Å². The molecule has 0 spiro atoms. The Kier molecular flexibility index (Phi) is 6.38. The van der Waals surface area contributed by atoms with E-state index in [9.17, 15) is 18.0 Å². The number of fused-ring (bicyclic) bond motifs is 1. The van der Waals surface area contributed by atoms with Crippen LogP contribution in [-0.2, 0) is 21.2 Å². The maximum absolute atomic E-state index is 13.6. The van der Waals surface area contributed by atoms with Crippen molar-refractivity contribution in [3.63, 3.8) is 0 Å². The third kappa shape index (κ3) is 4.19. The molecule has 8 heteroatoms. The number of methoxy groups -OCH3 is 1. The zero-order valence-corrected chi connectivity index (χ0v) is 19.9. The number of piperidine rings is 1. The second kappa shape index (κ2) is 8.92. The van der Waals surface area contributed by atoms with Crippen molar-refractivity contribution < 1.29 is 22.7 Å². The van der Waals surface area contributed by atoms with Gasteiger partial charge in [-0.25, -0.2) is 8.42 Å². The zero-order chi connectivity index (χ0) is 22.9. The molecule has 1 unspecified atom stereocenters. The van der Waals surface area contributed by atoms with Gasteiger partial charge in [-0.15, -0.1) is 0 Å². The van der Waals surface area contributed by atoms with Gasteiger partial charge < -0.3 is 4.74 Å². The van der Waals surface area contributed by atoms with Crippen LogP contribution < -0.4 is 4.74 Å². The number of sulfonamides is 1. The van der Waals surface area contributed by atoms with Gasteiger partial charge in [-0.3, -0.25) is 9.59 Å². The number of nitrogens with zero attached hydrogens (tertiary/aromatic N) is 1. The van der Waals surface area contributed by atoms with Crippen LogP contribution in [0.2, 0.25) is 0 Å². The van der Waals surface area contributed by atoms with Crippen LogP contribution in [0.25, 0.3) is 0 Å². The molecule has 1 saturated heterocycles. The Morgan fingerprint density at radius 2 is 1.97 bits per heavy atom. The van der Waals surface area contributed by atoms with Crippen molar-refractivity contribution in [3.05, 3.63) is 59.2 Å². The first-order chi connectivity index (χ1) is 15.3. The van der Waals surface area contributed by atoms with Gasteiger partial charge in [0, 0.05) is 31.3 Å². The van der Waals surface area contributed by atoms with Gasteiger partial charge in [-0.05, 0) is 37.0 Å². The average molecular weight is 474 g/mol. The van der Waals surface area contributed by atoms with E-state index < -0.39 is 15.4 Å². The Hall–Kier alpha value is -2.29. The van der Waals surface area contributed by atoms with Crippen molar-refractivity contribution in [2.45, 2.75) is 43.2 Å². The van der Waals surface area contributed by atoms with Gasteiger partial charge in [-0.1, -0.05) is 54.2 Å². The van der Waals surface area contributed by atoms with Gasteiger partial charge in [-0.2, -0.15) is 4.31 Å². The van der Waals surface area contributed by atoms with Crippen LogP contribution in [0.5, 0.6) is 5.06 Å². The molecule has 0 bridgehead atoms. The zero-order valence-electron chi connectivity index (χ0n) is 18.3. The maximum Gasteiger partial charge on any atom is 0.252 e. The molecule has 1 atom stereocenters. The van der Waals surface area contributed by atoms with Gasteiger partial charge >= 0.3 is 0 Å². The third-order valence-corrected chi connectivity index (χ3v) is 9.83. The minimum Gasteiger partial charge on any atom is -0.487 e. The summed E-state index contributed by atoms with van der Waals surface area (Å²) in [5.41, 5.74) is 2.10. The second-order valence-electron chi connectivity index (χ2n) is 8.41. The van der Waals surface area contributed by atoms with Crippen LogP contribution in [0.4, 0.5) is 0 Å². The van der Waals surface area contributed by atoms with Gasteiger partial charge in [0.05, 0.1) is 12.7 Å². The van der Waals surface area contributed by atoms with E-state index in [1.54, 1.807) is 13.0 Å². The van der Waals surface area contributed by atoms with Crippen LogP contribution in [-0.4, -0.2) is 44.5 Å². The van der Waals surface area contributed by atoms with Crippen LogP contribution in [0.15, 0.2) is 52.3 Å². The first-order valence-corrected chi connectivity index (χ1v) is 13.0. The average Bonchev–Trinajstić information content (AvgIpc) is 3.24. The van der Waals surface area contributed by atoms with E-state index >= 15 is 0 Å². The number of carbonyl (C=O) groups excluding carboxylic acids is 2. The fourth-order valence-electron chi connectivity index (χ4n) is 4.72. The Morgan fingerprint density at radius 1 is 1.22 bits per heavy atom. The molecule has 1 aromatic carbocycles. The molecule has 2 aliphatic rings. The molecule has 1 fully saturated rings. The Morgan fingerprint density at radius 3 is 2.66 bits per heavy atom. The van der Waals surface area contributed by atoms with E-state index in [4.69, 9.17) is 4.74 Å². The number of ketones is 2. The number of Topliss-reactive ketones (excluding diaryl/α,β-unsaturated/α-hetero) is 1. The van der Waals surface area contributed by atoms with Crippen molar-refractivity contribution in [1.29, 1.82) is 0 Å². The van der Waals surface area contributed by atoms with Crippen LogP contribution in [0.3, 0.4) is 0 Å². The number of carbonyl (C=O) groups is 2. The van der Waals surface area contributed by atoms with Gasteiger partial charge in [0.25, 0.3) is 10.0 Å². The molecule has 170 valence electrons. The van der Waals surface area contributed by atoms with Gasteiger partial charge in [0.1, 0.15) is 4.21 Å². The summed E-state index contributed by atoms with van der Waals surface area (Å²) in [4.78, 5) is 24.4. The summed E-state index contributed by atoms with van der Waals surface area (Å²) in [5, 5.41) is 0.329. The van der Waals surface area contributed by atoms with E-state index in [-0.39, 0.29) is 22.2 Å². The molecule has 0 amide bonds. The molecule has 1 aliphatic heterocycles. The van der Waals surface area contributed by atoms with E-state index in [1.165, 1.54) is 17.5 Å². The molecule has 32 heavy (non-hydrogen) atoms. The van der Waals surface area contributed by atoms with Crippen LogP contribution in [0.1, 0.15) is 48.5 Å². The standard InChI is InChI=1S/C24H27NO5S2/c1-3-21(27)20-14-22(31-23(20)30-2)32(28,29)25-12-10-18-13-19(26)9-11-24(18,16-25)15-17-7-5-4-6-8-17/h4-8,13-14H,3,9-12,15-16H2,1-2H3. The SMILES string of the molecule is CCC(=O)c1cc(S(=O)(=O)N2CCC3=CC(=O)CCC3(Cc3ccccc3)C2)sc1OC. The fourth-order valence-corrected chi connectivity index (χ4v) is 7.68. The highest BCUT2D eigenvalue weighted by Crippen LogP contribution is 2.46. The molecule has 1 aromatic heterocycles. The predicted octanol–water partition coefficient (Wildman–Crippen LogP) is 4.26. The number of ether oxygens (including phenoxy) is 1. The summed E-state index contributed by atoms with van der Waals surface area (Å²) in [6, 6.07) is 11.4. The topological polar surface area (TPSA) is 80.8 Å². The Labute approximate surface area is 192 Å². The maximum atomic E-state index is 13.6. The molecular weight excluding hydrogens is 446 g/mol. The van der Waals surface area contributed by atoms with E-state index in [2.05, 4.69) is 0 Å². The predicted molar refractivity (Wildman–Crippen MR) is 124 cm³/mol. The monoisotopic (exact) mass is 473 g/mol. The summed E-state index contributed by atoms with van der Waals surface area (Å²) in [7, 11) is -2.36. The number of rotatable bonds is 7. The molecule has 4 rings (SSSR count). The van der Waals surface area contributed by atoms with E-state index in [1.807, 2.05) is 30.3 Å². The lowest BCUT2D eigenvalue weighted by Gasteiger charge is -2.46. The molecule has 2 heterocycles. The molecular formula is C24H27NO5S2. The number of hydrogen-bond donors (Lipinski definition) is 0. The molecule has 0 saturated carbocycles. The normalized spacial score (nSPS) is 21.7. The number of allylic oxidation sites excluding steroid dienone is 1. The van der Waals surface area contributed by atoms with Crippen molar-refractivity contribution in [3.8, 4) is 5.06 Å². The van der Waals surface area contributed by atoms with Crippen molar-refractivity contribution in [2.24, 2.45) is 5.41 Å². The molecule has 1 aliphatic carbocycles. The summed E-state index contributed by atoms with van der Waals surface area (Å²) in [6.45, 7) is 2.37. The smallest absolute Gasteiger partial charge is 0.252 e.